The molecule has 10 heteroatoms. The molecule has 0 spiro atoms. The number of nitrogens with one attached hydrogen (secondary N) is 2. The Morgan fingerprint density at radius 2 is 2.10 bits per heavy atom. The maximum Gasteiger partial charge on any atom is 0.340 e. The van der Waals surface area contributed by atoms with Gasteiger partial charge in [0.25, 0.3) is 0 Å². The van der Waals surface area contributed by atoms with Gasteiger partial charge < -0.3 is 20.3 Å². The molecule has 0 saturated carbocycles. The van der Waals surface area contributed by atoms with Crippen LogP contribution in [0, 0.1) is 0 Å². The van der Waals surface area contributed by atoms with E-state index in [4.69, 9.17) is 4.74 Å². The number of anilines is 2. The molecule has 3 aromatic rings. The molecular formula is C21H23N5O4S. The quantitative estimate of drug-likeness (QED) is 0.591. The summed E-state index contributed by atoms with van der Waals surface area (Å²) in [6, 6.07) is 6.24. The van der Waals surface area contributed by atoms with E-state index in [1.165, 1.54) is 23.3 Å². The van der Waals surface area contributed by atoms with Gasteiger partial charge in [0.15, 0.2) is 0 Å². The first-order valence-corrected chi connectivity index (χ1v) is 10.8. The van der Waals surface area contributed by atoms with Crippen LogP contribution >= 0.6 is 11.3 Å². The normalized spacial score (nSPS) is 16.2. The van der Waals surface area contributed by atoms with Gasteiger partial charge in [0.1, 0.15) is 11.0 Å². The summed E-state index contributed by atoms with van der Waals surface area (Å²) >= 11 is 1.29. The molecule has 1 atom stereocenters. The molecule has 2 aromatic heterocycles. The minimum absolute atomic E-state index is 0.191. The average molecular weight is 442 g/mol. The molecule has 4 rings (SSSR count). The van der Waals surface area contributed by atoms with Gasteiger partial charge in [0, 0.05) is 23.7 Å². The molecule has 2 N–H and O–H groups in total. The molecular weight excluding hydrogens is 418 g/mol. The number of hydrogen-bond donors (Lipinski definition) is 2. The van der Waals surface area contributed by atoms with Crippen molar-refractivity contribution < 1.29 is 19.1 Å². The van der Waals surface area contributed by atoms with E-state index < -0.39 is 18.0 Å². The van der Waals surface area contributed by atoms with Gasteiger partial charge in [-0.3, -0.25) is 9.48 Å². The highest BCUT2D eigenvalue weighted by atomic mass is 32.1. The van der Waals surface area contributed by atoms with Crippen molar-refractivity contribution in [1.29, 1.82) is 0 Å². The highest BCUT2D eigenvalue weighted by molar-refractivity contribution is 7.14. The van der Waals surface area contributed by atoms with E-state index >= 15 is 0 Å². The molecule has 1 aromatic carbocycles. The Balaban J connectivity index is 1.43. The fourth-order valence-corrected chi connectivity index (χ4v) is 4.56. The van der Waals surface area contributed by atoms with Crippen LogP contribution in [0.5, 0.6) is 0 Å². The Labute approximate surface area is 183 Å². The number of hydrogen-bond acceptors (Lipinski definition) is 6. The Bertz CT molecular complexity index is 1150. The van der Waals surface area contributed by atoms with Crippen LogP contribution in [0.2, 0.25) is 0 Å². The number of ether oxygens (including phenoxy) is 1. The molecule has 9 nitrogen and oxygen atoms in total. The molecule has 1 aliphatic rings. The average Bonchev–Trinajstić information content (AvgIpc) is 3.46. The standard InChI is InChI=1S/C21H23N5O4S/c1-12(2)26-17-10-14(5-4-13(17)11-22-26)23-21(29)24-16-6-8-25(18(16)27)19-15(7-9-31-19)20(28)30-3/h4-5,7,9-12,16H,6,8H2,1-3H3,(H2,23,24,29). The number of nitrogens with zero attached hydrogens (tertiary/aromatic N) is 3. The molecule has 1 saturated heterocycles. The monoisotopic (exact) mass is 441 g/mol. The Morgan fingerprint density at radius 3 is 2.84 bits per heavy atom. The molecule has 1 unspecified atom stereocenters. The van der Waals surface area contributed by atoms with E-state index in [0.29, 0.717) is 29.2 Å². The fraction of sp³-hybridized carbons (Fsp3) is 0.333. The van der Waals surface area contributed by atoms with Crippen molar-refractivity contribution in [1.82, 2.24) is 15.1 Å². The van der Waals surface area contributed by atoms with E-state index in [0.717, 1.165) is 10.9 Å². The lowest BCUT2D eigenvalue weighted by Crippen LogP contribution is -2.43. The van der Waals surface area contributed by atoms with Crippen LogP contribution in [0.15, 0.2) is 35.8 Å². The summed E-state index contributed by atoms with van der Waals surface area (Å²) in [6.07, 6.45) is 2.24. The number of esters is 1. The van der Waals surface area contributed by atoms with Crippen molar-refractivity contribution in [3.05, 3.63) is 41.4 Å². The second kappa shape index (κ2) is 8.38. The van der Waals surface area contributed by atoms with Crippen LogP contribution < -0.4 is 15.5 Å². The molecule has 1 fully saturated rings. The van der Waals surface area contributed by atoms with Crippen molar-refractivity contribution in [3.63, 3.8) is 0 Å². The number of amides is 3. The summed E-state index contributed by atoms with van der Waals surface area (Å²) in [7, 11) is 1.30. The first kappa shape index (κ1) is 20.9. The topological polar surface area (TPSA) is 106 Å². The minimum atomic E-state index is -0.669. The first-order valence-electron chi connectivity index (χ1n) is 9.91. The number of aromatic nitrogens is 2. The van der Waals surface area contributed by atoms with Gasteiger partial charge in [-0.2, -0.15) is 5.10 Å². The van der Waals surface area contributed by atoms with Gasteiger partial charge >= 0.3 is 12.0 Å². The predicted octanol–water partition coefficient (Wildman–Crippen LogP) is 3.39. The lowest BCUT2D eigenvalue weighted by molar-refractivity contribution is -0.118. The minimum Gasteiger partial charge on any atom is -0.465 e. The van der Waals surface area contributed by atoms with Crippen molar-refractivity contribution in [3.8, 4) is 0 Å². The van der Waals surface area contributed by atoms with Crippen LogP contribution in [0.4, 0.5) is 15.5 Å². The molecule has 31 heavy (non-hydrogen) atoms. The summed E-state index contributed by atoms with van der Waals surface area (Å²) in [5.41, 5.74) is 1.88. The number of fused-ring (bicyclic) bond motifs is 1. The SMILES string of the molecule is COC(=O)c1ccsc1N1CCC(NC(=O)Nc2ccc3cnn(C(C)C)c3c2)C1=O. The molecule has 0 aliphatic carbocycles. The van der Waals surface area contributed by atoms with E-state index in [9.17, 15) is 14.4 Å². The Hall–Kier alpha value is -3.40. The number of methoxy groups -OCH3 is 1. The molecule has 0 radical (unpaired) electrons. The van der Waals surface area contributed by atoms with Crippen LogP contribution in [0.25, 0.3) is 10.9 Å². The molecule has 1 aliphatic heterocycles. The maximum absolute atomic E-state index is 12.8. The summed E-state index contributed by atoms with van der Waals surface area (Å²) in [6.45, 7) is 4.49. The number of thiophene rings is 1. The third kappa shape index (κ3) is 3.98. The van der Waals surface area contributed by atoms with E-state index in [1.807, 2.05) is 30.7 Å². The smallest absolute Gasteiger partial charge is 0.340 e. The summed E-state index contributed by atoms with van der Waals surface area (Å²) in [4.78, 5) is 38.8. The van der Waals surface area contributed by atoms with E-state index in [1.54, 1.807) is 23.7 Å². The van der Waals surface area contributed by atoms with Gasteiger partial charge in [0.05, 0.1) is 24.4 Å². The lowest BCUT2D eigenvalue weighted by Gasteiger charge is -2.17. The first-order chi connectivity index (χ1) is 14.9. The Morgan fingerprint density at radius 1 is 1.29 bits per heavy atom. The second-order valence-electron chi connectivity index (χ2n) is 7.52. The van der Waals surface area contributed by atoms with Gasteiger partial charge in [0.2, 0.25) is 5.91 Å². The fourth-order valence-electron chi connectivity index (χ4n) is 3.64. The largest absolute Gasteiger partial charge is 0.465 e. The summed E-state index contributed by atoms with van der Waals surface area (Å²) in [5.74, 6) is -0.745. The highest BCUT2D eigenvalue weighted by Crippen LogP contribution is 2.32. The second-order valence-corrected chi connectivity index (χ2v) is 8.41. The zero-order chi connectivity index (χ0) is 22.1. The van der Waals surface area contributed by atoms with Gasteiger partial charge in [-0.15, -0.1) is 11.3 Å². The van der Waals surface area contributed by atoms with Crippen molar-refractivity contribution in [2.75, 3.05) is 23.9 Å². The lowest BCUT2D eigenvalue weighted by atomic mass is 10.2. The predicted molar refractivity (Wildman–Crippen MR) is 119 cm³/mol. The van der Waals surface area contributed by atoms with E-state index in [2.05, 4.69) is 15.7 Å². The number of rotatable bonds is 5. The number of carbonyl (C=O) groups excluding carboxylic acids is 3. The van der Waals surface area contributed by atoms with E-state index in [-0.39, 0.29) is 11.9 Å². The summed E-state index contributed by atoms with van der Waals surface area (Å²) in [5, 5.41) is 13.2. The highest BCUT2D eigenvalue weighted by Gasteiger charge is 2.36. The number of urea groups is 1. The maximum atomic E-state index is 12.8. The number of benzene rings is 1. The van der Waals surface area contributed by atoms with Gasteiger partial charge in [-0.25, -0.2) is 9.59 Å². The zero-order valence-corrected chi connectivity index (χ0v) is 18.2. The van der Waals surface area contributed by atoms with Crippen molar-refractivity contribution in [2.24, 2.45) is 0 Å². The number of carbonyl (C=O) groups is 3. The van der Waals surface area contributed by atoms with Crippen LogP contribution in [0.3, 0.4) is 0 Å². The Kier molecular flexibility index (Phi) is 5.64. The third-order valence-electron chi connectivity index (χ3n) is 5.15. The molecule has 162 valence electrons. The summed E-state index contributed by atoms with van der Waals surface area (Å²) < 4.78 is 6.67. The van der Waals surface area contributed by atoms with Crippen LogP contribution in [-0.4, -0.2) is 47.4 Å². The van der Waals surface area contributed by atoms with Crippen molar-refractivity contribution >= 4 is 50.8 Å². The third-order valence-corrected chi connectivity index (χ3v) is 6.09. The van der Waals surface area contributed by atoms with Crippen molar-refractivity contribution in [2.45, 2.75) is 32.4 Å². The van der Waals surface area contributed by atoms with Crippen LogP contribution in [0.1, 0.15) is 36.7 Å². The van der Waals surface area contributed by atoms with Gasteiger partial charge in [-0.1, -0.05) is 0 Å². The molecule has 3 amide bonds. The van der Waals surface area contributed by atoms with Gasteiger partial charge in [-0.05, 0) is 49.9 Å². The molecule has 3 heterocycles. The molecule has 0 bridgehead atoms. The van der Waals surface area contributed by atoms with Crippen LogP contribution in [-0.2, 0) is 9.53 Å². The zero-order valence-electron chi connectivity index (χ0n) is 17.4.